The van der Waals surface area contributed by atoms with Crippen molar-refractivity contribution < 1.29 is 4.79 Å². The van der Waals surface area contributed by atoms with Crippen molar-refractivity contribution in [2.45, 2.75) is 84.5 Å². The molecule has 1 amide bonds. The maximum Gasteiger partial charge on any atom is 0.241 e. The number of hydrogen-bond acceptors (Lipinski definition) is 2. The number of hydrogen-bond donors (Lipinski definition) is 1. The van der Waals surface area contributed by atoms with Crippen LogP contribution in [0.2, 0.25) is 0 Å². The number of carbonyl (C=O) groups is 1. The van der Waals surface area contributed by atoms with Crippen LogP contribution in [0.1, 0.15) is 66.2 Å². The van der Waals surface area contributed by atoms with E-state index in [1.54, 1.807) is 0 Å². The summed E-state index contributed by atoms with van der Waals surface area (Å²) >= 11 is 0. The zero-order chi connectivity index (χ0) is 14.0. The van der Waals surface area contributed by atoms with E-state index >= 15 is 0 Å². The Kier molecular flexibility index (Phi) is 4.88. The average molecular weight is 266 g/mol. The number of amides is 1. The summed E-state index contributed by atoms with van der Waals surface area (Å²) in [6.45, 7) is 8.79. The highest BCUT2D eigenvalue weighted by Gasteiger charge is 2.42. The van der Waals surface area contributed by atoms with Gasteiger partial charge in [0.2, 0.25) is 5.91 Å². The van der Waals surface area contributed by atoms with E-state index in [1.807, 2.05) is 0 Å². The highest BCUT2D eigenvalue weighted by Crippen LogP contribution is 2.37. The largest absolute Gasteiger partial charge is 0.323 e. The molecule has 3 nitrogen and oxygen atoms in total. The van der Waals surface area contributed by atoms with Gasteiger partial charge in [0.25, 0.3) is 0 Å². The van der Waals surface area contributed by atoms with Gasteiger partial charge in [0.05, 0.1) is 12.2 Å². The first-order valence-corrected chi connectivity index (χ1v) is 8.15. The van der Waals surface area contributed by atoms with Crippen molar-refractivity contribution in [2.75, 3.05) is 0 Å². The molecule has 3 atom stereocenters. The van der Waals surface area contributed by atoms with Crippen LogP contribution in [-0.2, 0) is 4.79 Å². The summed E-state index contributed by atoms with van der Waals surface area (Å²) in [5.41, 5.74) is 0. The zero-order valence-corrected chi connectivity index (χ0v) is 13.0. The fraction of sp³-hybridized carbons (Fsp3) is 0.938. The van der Waals surface area contributed by atoms with E-state index in [9.17, 15) is 4.79 Å². The van der Waals surface area contributed by atoms with Gasteiger partial charge in [0, 0.05) is 6.04 Å². The third-order valence-corrected chi connectivity index (χ3v) is 4.54. The van der Waals surface area contributed by atoms with Gasteiger partial charge in [0.15, 0.2) is 0 Å². The second kappa shape index (κ2) is 6.25. The molecule has 0 aromatic heterocycles. The molecule has 19 heavy (non-hydrogen) atoms. The highest BCUT2D eigenvalue weighted by molar-refractivity contribution is 5.84. The summed E-state index contributed by atoms with van der Waals surface area (Å²) in [5.74, 6) is 1.81. The third kappa shape index (κ3) is 3.50. The lowest BCUT2D eigenvalue weighted by atomic mass is 10.0. The van der Waals surface area contributed by atoms with Gasteiger partial charge in [-0.05, 0) is 37.5 Å². The molecule has 2 aliphatic rings. The van der Waals surface area contributed by atoms with Gasteiger partial charge in [-0.2, -0.15) is 0 Å². The molecular formula is C16H30N2O. The van der Waals surface area contributed by atoms with Gasteiger partial charge in [0.1, 0.15) is 0 Å². The van der Waals surface area contributed by atoms with Crippen LogP contribution in [0.25, 0.3) is 0 Å². The molecular weight excluding hydrogens is 236 g/mol. The smallest absolute Gasteiger partial charge is 0.241 e. The maximum absolute atomic E-state index is 12.7. The summed E-state index contributed by atoms with van der Waals surface area (Å²) in [5, 5.41) is 3.56. The molecule has 0 aromatic carbocycles. The highest BCUT2D eigenvalue weighted by atomic mass is 16.2. The van der Waals surface area contributed by atoms with E-state index in [-0.39, 0.29) is 12.2 Å². The van der Waals surface area contributed by atoms with Crippen LogP contribution in [0, 0.1) is 11.8 Å². The molecule has 0 bridgehead atoms. The Morgan fingerprint density at radius 3 is 2.42 bits per heavy atom. The van der Waals surface area contributed by atoms with E-state index in [1.165, 1.54) is 19.3 Å². The Bertz CT molecular complexity index is 312. The van der Waals surface area contributed by atoms with Crippen molar-refractivity contribution in [3.05, 3.63) is 0 Å². The normalized spacial score (nSPS) is 29.3. The lowest BCUT2D eigenvalue weighted by molar-refractivity contribution is -0.132. The summed E-state index contributed by atoms with van der Waals surface area (Å²) in [4.78, 5) is 14.9. The molecule has 2 rings (SSSR count). The van der Waals surface area contributed by atoms with Gasteiger partial charge < -0.3 is 4.90 Å². The van der Waals surface area contributed by atoms with E-state index in [4.69, 9.17) is 0 Å². The first-order chi connectivity index (χ1) is 9.06. The molecule has 1 aliphatic heterocycles. The molecule has 2 fully saturated rings. The van der Waals surface area contributed by atoms with Crippen LogP contribution in [0.15, 0.2) is 0 Å². The van der Waals surface area contributed by atoms with Crippen LogP contribution in [0.3, 0.4) is 0 Å². The second-order valence-electron chi connectivity index (χ2n) is 6.76. The average Bonchev–Trinajstić information content (AvgIpc) is 3.13. The maximum atomic E-state index is 12.7. The molecule has 3 heteroatoms. The second-order valence-corrected chi connectivity index (χ2v) is 6.76. The number of nitrogens with zero attached hydrogens (tertiary/aromatic N) is 1. The number of carbonyl (C=O) groups excluding carboxylic acids is 1. The van der Waals surface area contributed by atoms with Crippen LogP contribution in [0.5, 0.6) is 0 Å². The van der Waals surface area contributed by atoms with E-state index in [0.717, 1.165) is 25.2 Å². The first-order valence-electron chi connectivity index (χ1n) is 8.15. The van der Waals surface area contributed by atoms with Gasteiger partial charge in [-0.3, -0.25) is 10.1 Å². The first kappa shape index (κ1) is 14.8. The Labute approximate surface area is 118 Å². The van der Waals surface area contributed by atoms with Gasteiger partial charge in [-0.1, -0.05) is 40.5 Å². The van der Waals surface area contributed by atoms with Crippen LogP contribution in [-0.4, -0.2) is 29.1 Å². The molecule has 0 aromatic rings. The topological polar surface area (TPSA) is 32.3 Å². The summed E-state index contributed by atoms with van der Waals surface area (Å²) in [6.07, 6.45) is 7.30. The Morgan fingerprint density at radius 1 is 1.26 bits per heavy atom. The van der Waals surface area contributed by atoms with Gasteiger partial charge >= 0.3 is 0 Å². The summed E-state index contributed by atoms with van der Waals surface area (Å²) < 4.78 is 0. The number of rotatable bonds is 7. The van der Waals surface area contributed by atoms with Gasteiger partial charge in [-0.15, -0.1) is 0 Å². The van der Waals surface area contributed by atoms with Crippen molar-refractivity contribution in [1.29, 1.82) is 0 Å². The lowest BCUT2D eigenvalue weighted by Gasteiger charge is -2.32. The predicted octanol–water partition coefficient (Wildman–Crippen LogP) is 3.15. The molecule has 110 valence electrons. The van der Waals surface area contributed by atoms with Crippen molar-refractivity contribution in [2.24, 2.45) is 11.8 Å². The predicted molar refractivity (Wildman–Crippen MR) is 78.7 cm³/mol. The standard InChI is InChI=1S/C16H30N2O/c1-5-13(10-12-7-8-12)18-15(6-2)17-14(16(18)19)9-11(3)4/h11-15,17H,5-10H2,1-4H3. The van der Waals surface area contributed by atoms with E-state index in [0.29, 0.717) is 17.9 Å². The van der Waals surface area contributed by atoms with Crippen molar-refractivity contribution in [3.63, 3.8) is 0 Å². The Hall–Kier alpha value is -0.570. The monoisotopic (exact) mass is 266 g/mol. The molecule has 1 aliphatic carbocycles. The minimum absolute atomic E-state index is 0.0539. The molecule has 0 spiro atoms. The fourth-order valence-corrected chi connectivity index (χ4v) is 3.32. The van der Waals surface area contributed by atoms with E-state index in [2.05, 4.69) is 37.9 Å². The van der Waals surface area contributed by atoms with Crippen molar-refractivity contribution >= 4 is 5.91 Å². The molecule has 1 N–H and O–H groups in total. The van der Waals surface area contributed by atoms with Gasteiger partial charge in [-0.25, -0.2) is 0 Å². The Balaban J connectivity index is 2.04. The minimum Gasteiger partial charge on any atom is -0.323 e. The Morgan fingerprint density at radius 2 is 1.95 bits per heavy atom. The molecule has 1 saturated carbocycles. The quantitative estimate of drug-likeness (QED) is 0.768. The van der Waals surface area contributed by atoms with Crippen LogP contribution < -0.4 is 5.32 Å². The van der Waals surface area contributed by atoms with E-state index < -0.39 is 0 Å². The summed E-state index contributed by atoms with van der Waals surface area (Å²) in [7, 11) is 0. The lowest BCUT2D eigenvalue weighted by Crippen LogP contribution is -2.44. The SMILES string of the molecule is CCC(CC1CC1)N1C(=O)C(CC(C)C)NC1CC. The molecule has 0 radical (unpaired) electrons. The van der Waals surface area contributed by atoms with Crippen LogP contribution >= 0.6 is 0 Å². The van der Waals surface area contributed by atoms with Crippen molar-refractivity contribution in [1.82, 2.24) is 10.2 Å². The molecule has 1 heterocycles. The number of nitrogens with one attached hydrogen (secondary N) is 1. The fourth-order valence-electron chi connectivity index (χ4n) is 3.32. The zero-order valence-electron chi connectivity index (χ0n) is 13.0. The molecule has 3 unspecified atom stereocenters. The van der Waals surface area contributed by atoms with Crippen LogP contribution in [0.4, 0.5) is 0 Å². The molecule has 1 saturated heterocycles. The minimum atomic E-state index is 0.0539. The summed E-state index contributed by atoms with van der Waals surface area (Å²) in [6, 6.07) is 0.507. The third-order valence-electron chi connectivity index (χ3n) is 4.54. The van der Waals surface area contributed by atoms with Crippen molar-refractivity contribution in [3.8, 4) is 0 Å².